The SMILES string of the molecule is Cc1ccc2nc(-c3ccc(N=Nc4c(C)c(C)c(C)c(C)c4C)c(C)c3C)sc2c1. The van der Waals surface area contributed by atoms with Crippen molar-refractivity contribution in [3.8, 4) is 10.6 Å². The molecule has 0 atom stereocenters. The van der Waals surface area contributed by atoms with Crippen LogP contribution >= 0.6 is 11.3 Å². The van der Waals surface area contributed by atoms with Gasteiger partial charge < -0.3 is 0 Å². The lowest BCUT2D eigenvalue weighted by Gasteiger charge is -2.15. The molecule has 0 aliphatic heterocycles. The normalized spacial score (nSPS) is 11.7. The summed E-state index contributed by atoms with van der Waals surface area (Å²) in [5, 5.41) is 10.4. The summed E-state index contributed by atoms with van der Waals surface area (Å²) in [4.78, 5) is 4.86. The van der Waals surface area contributed by atoms with Crippen LogP contribution in [0.4, 0.5) is 11.4 Å². The molecule has 1 heterocycles. The quantitative estimate of drug-likeness (QED) is 0.301. The van der Waals surface area contributed by atoms with E-state index in [1.165, 1.54) is 49.2 Å². The molecule has 0 amide bonds. The first-order valence-electron chi connectivity index (χ1n) is 10.7. The maximum absolute atomic E-state index is 4.86. The van der Waals surface area contributed by atoms with Crippen LogP contribution in [0.2, 0.25) is 0 Å². The van der Waals surface area contributed by atoms with Crippen LogP contribution < -0.4 is 0 Å². The first-order valence-corrected chi connectivity index (χ1v) is 11.5. The van der Waals surface area contributed by atoms with Crippen molar-refractivity contribution in [3.05, 3.63) is 74.8 Å². The Morgan fingerprint density at radius 2 is 1.29 bits per heavy atom. The van der Waals surface area contributed by atoms with E-state index in [1.807, 2.05) is 0 Å². The smallest absolute Gasteiger partial charge is 0.124 e. The Bertz CT molecular complexity index is 1330. The monoisotopic (exact) mass is 427 g/mol. The van der Waals surface area contributed by atoms with Crippen LogP contribution in [0.5, 0.6) is 0 Å². The van der Waals surface area contributed by atoms with Gasteiger partial charge in [0.25, 0.3) is 0 Å². The predicted molar refractivity (Wildman–Crippen MR) is 134 cm³/mol. The zero-order valence-corrected chi connectivity index (χ0v) is 20.5. The molecule has 31 heavy (non-hydrogen) atoms. The van der Waals surface area contributed by atoms with E-state index >= 15 is 0 Å². The highest BCUT2D eigenvalue weighted by Gasteiger charge is 2.14. The summed E-state index contributed by atoms with van der Waals surface area (Å²) in [7, 11) is 0. The lowest BCUT2D eigenvalue weighted by molar-refractivity contribution is 1.11. The van der Waals surface area contributed by atoms with Crippen LogP contribution in [0.1, 0.15) is 44.5 Å². The fourth-order valence-electron chi connectivity index (χ4n) is 4.03. The molecule has 0 bridgehead atoms. The number of benzene rings is 3. The Hall–Kier alpha value is -2.85. The van der Waals surface area contributed by atoms with Gasteiger partial charge in [-0.05, 0) is 124 Å². The number of aryl methyl sites for hydroxylation is 1. The summed E-state index contributed by atoms with van der Waals surface area (Å²) < 4.78 is 1.23. The van der Waals surface area contributed by atoms with Gasteiger partial charge in [0.2, 0.25) is 0 Å². The highest BCUT2D eigenvalue weighted by molar-refractivity contribution is 7.21. The molecule has 3 aromatic carbocycles. The number of aromatic nitrogens is 1. The van der Waals surface area contributed by atoms with Gasteiger partial charge in [0.05, 0.1) is 21.6 Å². The van der Waals surface area contributed by atoms with Crippen molar-refractivity contribution >= 4 is 32.9 Å². The highest BCUT2D eigenvalue weighted by Crippen LogP contribution is 2.38. The third-order valence-corrected chi connectivity index (χ3v) is 7.80. The molecular formula is C27H29N3S. The van der Waals surface area contributed by atoms with E-state index in [4.69, 9.17) is 10.1 Å². The van der Waals surface area contributed by atoms with E-state index in [0.29, 0.717) is 0 Å². The third kappa shape index (κ3) is 3.70. The lowest BCUT2D eigenvalue weighted by Crippen LogP contribution is -1.95. The Balaban J connectivity index is 1.74. The van der Waals surface area contributed by atoms with Crippen molar-refractivity contribution in [1.82, 2.24) is 4.98 Å². The van der Waals surface area contributed by atoms with E-state index in [9.17, 15) is 0 Å². The van der Waals surface area contributed by atoms with Crippen LogP contribution in [0.25, 0.3) is 20.8 Å². The van der Waals surface area contributed by atoms with Gasteiger partial charge in [-0.15, -0.1) is 16.5 Å². The number of thiazole rings is 1. The number of hydrogen-bond donors (Lipinski definition) is 0. The Morgan fingerprint density at radius 1 is 0.645 bits per heavy atom. The van der Waals surface area contributed by atoms with Crippen LogP contribution in [-0.2, 0) is 0 Å². The zero-order valence-electron chi connectivity index (χ0n) is 19.6. The van der Waals surface area contributed by atoms with Crippen LogP contribution in [0.15, 0.2) is 40.6 Å². The van der Waals surface area contributed by atoms with E-state index in [2.05, 4.69) is 90.8 Å². The van der Waals surface area contributed by atoms with Gasteiger partial charge in [0, 0.05) is 5.56 Å². The van der Waals surface area contributed by atoms with Gasteiger partial charge in [-0.25, -0.2) is 4.98 Å². The molecule has 0 aliphatic rings. The largest absolute Gasteiger partial charge is 0.236 e. The number of fused-ring (bicyclic) bond motifs is 1. The topological polar surface area (TPSA) is 37.6 Å². The molecule has 0 aliphatic carbocycles. The molecule has 4 aromatic rings. The van der Waals surface area contributed by atoms with Gasteiger partial charge in [0.1, 0.15) is 5.01 Å². The standard InChI is InChI=1S/C27H29N3S/c1-14-9-11-24-25(13-14)31-27(28-24)22-10-12-23(19(6)18(22)5)29-30-26-20(7)16(3)15(2)17(4)21(26)8/h9-13H,1-8H3. The average molecular weight is 428 g/mol. The minimum absolute atomic E-state index is 0.910. The molecule has 0 N–H and O–H groups in total. The summed E-state index contributed by atoms with van der Waals surface area (Å²) in [6.45, 7) is 17.2. The Labute approximate surface area is 188 Å². The van der Waals surface area contributed by atoms with Gasteiger partial charge >= 0.3 is 0 Å². The van der Waals surface area contributed by atoms with Gasteiger partial charge in [0.15, 0.2) is 0 Å². The minimum atomic E-state index is 0.910. The van der Waals surface area contributed by atoms with Crippen molar-refractivity contribution in [1.29, 1.82) is 0 Å². The third-order valence-electron chi connectivity index (χ3n) is 6.75. The molecule has 158 valence electrons. The van der Waals surface area contributed by atoms with E-state index in [0.717, 1.165) is 27.5 Å². The predicted octanol–water partition coefficient (Wildman–Crippen LogP) is 8.85. The number of hydrogen-bond acceptors (Lipinski definition) is 4. The number of nitrogens with zero attached hydrogens (tertiary/aromatic N) is 3. The molecule has 0 fully saturated rings. The second-order valence-electron chi connectivity index (χ2n) is 8.55. The fourth-order valence-corrected chi connectivity index (χ4v) is 5.17. The number of azo groups is 1. The first kappa shape index (κ1) is 21.4. The summed E-state index contributed by atoms with van der Waals surface area (Å²) in [5.41, 5.74) is 14.1. The summed E-state index contributed by atoms with van der Waals surface area (Å²) in [6.07, 6.45) is 0. The van der Waals surface area contributed by atoms with Crippen molar-refractivity contribution in [2.75, 3.05) is 0 Å². The molecular weight excluding hydrogens is 398 g/mol. The molecule has 1 aromatic heterocycles. The second kappa shape index (κ2) is 8.01. The summed E-state index contributed by atoms with van der Waals surface area (Å²) >= 11 is 1.75. The second-order valence-corrected chi connectivity index (χ2v) is 9.58. The van der Waals surface area contributed by atoms with Crippen molar-refractivity contribution in [2.24, 2.45) is 10.2 Å². The summed E-state index contributed by atoms with van der Waals surface area (Å²) in [6, 6.07) is 10.6. The molecule has 4 rings (SSSR count). The van der Waals surface area contributed by atoms with E-state index in [-0.39, 0.29) is 0 Å². The maximum atomic E-state index is 4.86. The van der Waals surface area contributed by atoms with Crippen molar-refractivity contribution < 1.29 is 0 Å². The van der Waals surface area contributed by atoms with Crippen molar-refractivity contribution in [2.45, 2.75) is 55.4 Å². The van der Waals surface area contributed by atoms with Crippen molar-refractivity contribution in [3.63, 3.8) is 0 Å². The molecule has 0 saturated carbocycles. The van der Waals surface area contributed by atoms with E-state index < -0.39 is 0 Å². The molecule has 0 spiro atoms. The van der Waals surface area contributed by atoms with Gasteiger partial charge in [-0.2, -0.15) is 5.11 Å². The lowest BCUT2D eigenvalue weighted by atomic mass is 9.93. The molecule has 0 saturated heterocycles. The Kier molecular flexibility index (Phi) is 5.52. The van der Waals surface area contributed by atoms with E-state index in [1.54, 1.807) is 11.3 Å². The highest BCUT2D eigenvalue weighted by atomic mass is 32.1. The fraction of sp³-hybridized carbons (Fsp3) is 0.296. The maximum Gasteiger partial charge on any atom is 0.124 e. The van der Waals surface area contributed by atoms with Gasteiger partial charge in [-0.1, -0.05) is 6.07 Å². The Morgan fingerprint density at radius 3 is 1.97 bits per heavy atom. The first-order chi connectivity index (χ1) is 14.7. The molecule has 0 unspecified atom stereocenters. The van der Waals surface area contributed by atoms with Crippen LogP contribution in [-0.4, -0.2) is 4.98 Å². The average Bonchev–Trinajstić information content (AvgIpc) is 3.16. The zero-order chi connectivity index (χ0) is 22.4. The van der Waals surface area contributed by atoms with Crippen LogP contribution in [0.3, 0.4) is 0 Å². The number of rotatable bonds is 3. The van der Waals surface area contributed by atoms with Crippen LogP contribution in [0, 0.1) is 55.4 Å². The molecule has 3 nitrogen and oxygen atoms in total. The summed E-state index contributed by atoms with van der Waals surface area (Å²) in [5.74, 6) is 0. The minimum Gasteiger partial charge on any atom is -0.236 e. The molecule has 4 heteroatoms. The van der Waals surface area contributed by atoms with Gasteiger partial charge in [-0.3, -0.25) is 0 Å². The molecule has 0 radical (unpaired) electrons.